The number of rotatable bonds is 7. The van der Waals surface area contributed by atoms with E-state index >= 15 is 0 Å². The highest BCUT2D eigenvalue weighted by atomic mass is 19.1. The van der Waals surface area contributed by atoms with E-state index in [1.165, 1.54) is 12.1 Å². The molecule has 0 spiro atoms. The van der Waals surface area contributed by atoms with Crippen molar-refractivity contribution in [1.29, 1.82) is 0 Å². The van der Waals surface area contributed by atoms with E-state index in [4.69, 9.17) is 15.2 Å². The predicted octanol–water partition coefficient (Wildman–Crippen LogP) is 3.35. The van der Waals surface area contributed by atoms with Gasteiger partial charge in [0.2, 0.25) is 0 Å². The Bertz CT molecular complexity index is 574. The third-order valence-corrected chi connectivity index (χ3v) is 3.38. The maximum absolute atomic E-state index is 13.2. The molecule has 112 valence electrons. The Morgan fingerprint density at radius 2 is 1.86 bits per heavy atom. The fourth-order valence-corrected chi connectivity index (χ4v) is 2.19. The minimum Gasteiger partial charge on any atom is -0.497 e. The van der Waals surface area contributed by atoms with E-state index in [2.05, 4.69) is 0 Å². The molecule has 0 aromatic heterocycles. The van der Waals surface area contributed by atoms with Crippen LogP contribution in [0.1, 0.15) is 17.9 Å². The van der Waals surface area contributed by atoms with Crippen LogP contribution in [0.2, 0.25) is 0 Å². The van der Waals surface area contributed by atoms with E-state index < -0.39 is 0 Å². The fourth-order valence-electron chi connectivity index (χ4n) is 2.19. The number of halogens is 1. The van der Waals surface area contributed by atoms with Crippen LogP contribution in [0.15, 0.2) is 48.5 Å². The fraction of sp³-hybridized carbons (Fsp3) is 0.294. The van der Waals surface area contributed by atoms with Crippen molar-refractivity contribution in [2.45, 2.75) is 12.3 Å². The van der Waals surface area contributed by atoms with Gasteiger partial charge >= 0.3 is 0 Å². The van der Waals surface area contributed by atoms with Gasteiger partial charge in [-0.3, -0.25) is 0 Å². The molecular formula is C17H20FNO2. The summed E-state index contributed by atoms with van der Waals surface area (Å²) in [4.78, 5) is 0. The minimum atomic E-state index is -0.236. The molecule has 1 unspecified atom stereocenters. The minimum absolute atomic E-state index is 0.0892. The topological polar surface area (TPSA) is 44.5 Å². The van der Waals surface area contributed by atoms with Crippen LogP contribution in [-0.4, -0.2) is 20.3 Å². The third-order valence-electron chi connectivity index (χ3n) is 3.38. The first-order valence-corrected chi connectivity index (χ1v) is 6.95. The van der Waals surface area contributed by atoms with E-state index in [1.54, 1.807) is 13.2 Å². The predicted molar refractivity (Wildman–Crippen MR) is 81.3 cm³/mol. The SMILES string of the molecule is COc1cccc(OCCC(CN)c2cccc(F)c2)c1. The monoisotopic (exact) mass is 289 g/mol. The number of ether oxygens (including phenoxy) is 2. The van der Waals surface area contributed by atoms with Crippen LogP contribution in [0.5, 0.6) is 11.5 Å². The van der Waals surface area contributed by atoms with E-state index in [0.29, 0.717) is 13.2 Å². The van der Waals surface area contributed by atoms with Crippen molar-refractivity contribution < 1.29 is 13.9 Å². The highest BCUT2D eigenvalue weighted by Crippen LogP contribution is 2.22. The quantitative estimate of drug-likeness (QED) is 0.850. The van der Waals surface area contributed by atoms with Gasteiger partial charge < -0.3 is 15.2 Å². The summed E-state index contributed by atoms with van der Waals surface area (Å²) in [5.74, 6) is 1.36. The second kappa shape index (κ2) is 7.64. The van der Waals surface area contributed by atoms with E-state index in [1.807, 2.05) is 30.3 Å². The Hall–Kier alpha value is -2.07. The van der Waals surface area contributed by atoms with Gasteiger partial charge in [0.1, 0.15) is 17.3 Å². The van der Waals surface area contributed by atoms with Crippen LogP contribution < -0.4 is 15.2 Å². The first kappa shape index (κ1) is 15.3. The first-order valence-electron chi connectivity index (χ1n) is 6.95. The van der Waals surface area contributed by atoms with Crippen LogP contribution in [0.25, 0.3) is 0 Å². The molecule has 2 N–H and O–H groups in total. The number of hydrogen-bond acceptors (Lipinski definition) is 3. The number of methoxy groups -OCH3 is 1. The molecule has 0 aliphatic carbocycles. The van der Waals surface area contributed by atoms with Gasteiger partial charge in [0.05, 0.1) is 13.7 Å². The molecule has 2 aromatic carbocycles. The lowest BCUT2D eigenvalue weighted by Crippen LogP contribution is -2.15. The highest BCUT2D eigenvalue weighted by Gasteiger charge is 2.10. The Balaban J connectivity index is 1.91. The van der Waals surface area contributed by atoms with Gasteiger partial charge in [-0.25, -0.2) is 4.39 Å². The molecule has 0 amide bonds. The molecule has 0 saturated heterocycles. The van der Waals surface area contributed by atoms with Crippen LogP contribution in [0.3, 0.4) is 0 Å². The van der Waals surface area contributed by atoms with Crippen molar-refractivity contribution in [2.24, 2.45) is 5.73 Å². The Morgan fingerprint density at radius 1 is 1.10 bits per heavy atom. The summed E-state index contributed by atoms with van der Waals surface area (Å²) in [6.07, 6.45) is 0.733. The largest absolute Gasteiger partial charge is 0.497 e. The lowest BCUT2D eigenvalue weighted by Gasteiger charge is -2.16. The van der Waals surface area contributed by atoms with Crippen molar-refractivity contribution in [3.8, 4) is 11.5 Å². The molecular weight excluding hydrogens is 269 g/mol. The molecule has 0 heterocycles. The second-order valence-corrected chi connectivity index (χ2v) is 4.80. The molecule has 21 heavy (non-hydrogen) atoms. The smallest absolute Gasteiger partial charge is 0.123 e. The molecule has 0 aliphatic heterocycles. The average Bonchev–Trinajstić information content (AvgIpc) is 2.52. The maximum Gasteiger partial charge on any atom is 0.123 e. The number of nitrogens with two attached hydrogens (primary N) is 1. The molecule has 2 aromatic rings. The number of hydrogen-bond donors (Lipinski definition) is 1. The van der Waals surface area contributed by atoms with Crippen molar-refractivity contribution in [2.75, 3.05) is 20.3 Å². The summed E-state index contributed by atoms with van der Waals surface area (Å²) in [5.41, 5.74) is 6.69. The van der Waals surface area contributed by atoms with Crippen molar-refractivity contribution in [1.82, 2.24) is 0 Å². The zero-order valence-electron chi connectivity index (χ0n) is 12.1. The molecule has 4 heteroatoms. The highest BCUT2D eigenvalue weighted by molar-refractivity contribution is 5.32. The van der Waals surface area contributed by atoms with E-state index in [-0.39, 0.29) is 11.7 Å². The Morgan fingerprint density at radius 3 is 2.57 bits per heavy atom. The summed E-state index contributed by atoms with van der Waals surface area (Å²) in [5, 5.41) is 0. The second-order valence-electron chi connectivity index (χ2n) is 4.80. The maximum atomic E-state index is 13.2. The van der Waals surface area contributed by atoms with Gasteiger partial charge in [-0.1, -0.05) is 18.2 Å². The lowest BCUT2D eigenvalue weighted by molar-refractivity contribution is 0.296. The van der Waals surface area contributed by atoms with E-state index in [0.717, 1.165) is 23.5 Å². The van der Waals surface area contributed by atoms with Gasteiger partial charge in [-0.2, -0.15) is 0 Å². The van der Waals surface area contributed by atoms with Gasteiger partial charge in [0.25, 0.3) is 0 Å². The van der Waals surface area contributed by atoms with Gasteiger partial charge in [0, 0.05) is 6.07 Å². The average molecular weight is 289 g/mol. The molecule has 0 fully saturated rings. The van der Waals surface area contributed by atoms with Crippen molar-refractivity contribution in [3.63, 3.8) is 0 Å². The molecule has 0 saturated carbocycles. The van der Waals surface area contributed by atoms with Crippen LogP contribution in [0, 0.1) is 5.82 Å². The van der Waals surface area contributed by atoms with Crippen LogP contribution in [-0.2, 0) is 0 Å². The van der Waals surface area contributed by atoms with E-state index in [9.17, 15) is 4.39 Å². The standard InChI is InChI=1S/C17H20FNO2/c1-20-16-6-3-7-17(11-16)21-9-8-14(12-19)13-4-2-5-15(18)10-13/h2-7,10-11,14H,8-9,12,19H2,1H3. The normalized spacial score (nSPS) is 12.0. The molecule has 2 rings (SSSR count). The molecule has 0 radical (unpaired) electrons. The molecule has 0 bridgehead atoms. The molecule has 0 aliphatic rings. The van der Waals surface area contributed by atoms with Gasteiger partial charge in [-0.05, 0) is 48.7 Å². The molecule has 3 nitrogen and oxygen atoms in total. The summed E-state index contributed by atoms with van der Waals surface area (Å²) in [7, 11) is 1.62. The summed E-state index contributed by atoms with van der Waals surface area (Å²) >= 11 is 0. The summed E-state index contributed by atoms with van der Waals surface area (Å²) in [6, 6.07) is 14.0. The Kier molecular flexibility index (Phi) is 5.58. The third kappa shape index (κ3) is 4.46. The zero-order valence-corrected chi connectivity index (χ0v) is 12.1. The van der Waals surface area contributed by atoms with Crippen LogP contribution in [0.4, 0.5) is 4.39 Å². The molecule has 1 atom stereocenters. The number of benzene rings is 2. The Labute approximate surface area is 124 Å². The lowest BCUT2D eigenvalue weighted by atomic mass is 9.96. The van der Waals surface area contributed by atoms with Crippen molar-refractivity contribution in [3.05, 3.63) is 59.9 Å². The summed E-state index contributed by atoms with van der Waals surface area (Å²) < 4.78 is 24.1. The summed E-state index contributed by atoms with van der Waals surface area (Å²) in [6.45, 7) is 0.983. The first-order chi connectivity index (χ1) is 10.2. The van der Waals surface area contributed by atoms with Gasteiger partial charge in [-0.15, -0.1) is 0 Å². The van der Waals surface area contributed by atoms with Crippen LogP contribution >= 0.6 is 0 Å². The van der Waals surface area contributed by atoms with Crippen molar-refractivity contribution >= 4 is 0 Å². The van der Waals surface area contributed by atoms with Gasteiger partial charge in [0.15, 0.2) is 0 Å². The zero-order chi connectivity index (χ0) is 15.1.